The molecule has 4 heterocycles. The molecular formula is C19H15N7O3. The smallest absolute Gasteiger partial charge is 0.261 e. The van der Waals surface area contributed by atoms with Gasteiger partial charge in [0.15, 0.2) is 22.9 Å². The fraction of sp³-hybridized carbons (Fsp3) is 0.158. The number of aryl methyl sites for hydroxylation is 1. The van der Waals surface area contributed by atoms with Gasteiger partial charge in [0, 0.05) is 11.6 Å². The number of aromatic nitrogens is 6. The Kier molecular flexibility index (Phi) is 4.01. The number of nitrogens with zero attached hydrogens (tertiary/aromatic N) is 6. The van der Waals surface area contributed by atoms with Gasteiger partial charge in [-0.3, -0.25) is 9.20 Å². The number of hydrogen-bond acceptors (Lipinski definition) is 8. The lowest BCUT2D eigenvalue weighted by Gasteiger charge is -2.04. The third kappa shape index (κ3) is 3.10. The molecule has 1 aromatic carbocycles. The lowest BCUT2D eigenvalue weighted by molar-refractivity contribution is -0.120. The van der Waals surface area contributed by atoms with Crippen LogP contribution in [0.4, 0.5) is 0 Å². The van der Waals surface area contributed by atoms with Crippen LogP contribution in [0.1, 0.15) is 17.3 Å². The van der Waals surface area contributed by atoms with Gasteiger partial charge in [-0.25, -0.2) is 0 Å². The van der Waals surface area contributed by atoms with Crippen LogP contribution in [-0.4, -0.2) is 35.8 Å². The topological polar surface area (TPSA) is 124 Å². The van der Waals surface area contributed by atoms with Gasteiger partial charge in [0.05, 0.1) is 18.5 Å². The molecule has 5 aromatic rings. The molecule has 1 N–H and O–H groups in total. The van der Waals surface area contributed by atoms with Crippen molar-refractivity contribution in [3.8, 4) is 11.5 Å². The number of fused-ring (bicyclic) bond motifs is 2. The zero-order valence-corrected chi connectivity index (χ0v) is 15.4. The summed E-state index contributed by atoms with van der Waals surface area (Å²) in [5.41, 5.74) is 2.50. The molecule has 29 heavy (non-hydrogen) atoms. The number of amides is 1. The monoisotopic (exact) mass is 389 g/mol. The normalized spacial score (nSPS) is 11.3. The van der Waals surface area contributed by atoms with Crippen LogP contribution >= 0.6 is 0 Å². The molecule has 0 aliphatic rings. The number of para-hydroxylation sites is 1. The quantitative estimate of drug-likeness (QED) is 0.484. The van der Waals surface area contributed by atoms with Gasteiger partial charge < -0.3 is 14.4 Å². The van der Waals surface area contributed by atoms with E-state index in [9.17, 15) is 4.79 Å². The summed E-state index contributed by atoms with van der Waals surface area (Å²) < 4.78 is 12.2. The largest absolute Gasteiger partial charge is 0.356 e. The predicted octanol–water partition coefficient (Wildman–Crippen LogP) is 2.09. The third-order valence-electron chi connectivity index (χ3n) is 4.49. The molecule has 0 saturated carbocycles. The highest BCUT2D eigenvalue weighted by molar-refractivity contribution is 5.86. The Bertz CT molecular complexity index is 1330. The van der Waals surface area contributed by atoms with Crippen molar-refractivity contribution >= 4 is 22.5 Å². The molecular weight excluding hydrogens is 374 g/mol. The molecule has 0 aliphatic heterocycles. The Hall–Kier alpha value is -4.08. The maximum atomic E-state index is 12.4. The standard InChI is InChI=1S/C19H15N7O3/c1-11-21-19(29-24-11)13-6-4-8-26-16(22-23-18(13)26)10-20-17(27)9-14-12-5-2-3-7-15(12)28-25-14/h2-8H,9-10H2,1H3,(H,20,27). The molecule has 0 aliphatic carbocycles. The highest BCUT2D eigenvalue weighted by Crippen LogP contribution is 2.22. The number of pyridine rings is 1. The van der Waals surface area contributed by atoms with Crippen LogP contribution in [0.2, 0.25) is 0 Å². The van der Waals surface area contributed by atoms with E-state index in [-0.39, 0.29) is 18.9 Å². The summed E-state index contributed by atoms with van der Waals surface area (Å²) in [6.45, 7) is 1.96. The van der Waals surface area contributed by atoms with Crippen molar-refractivity contribution in [2.24, 2.45) is 0 Å². The van der Waals surface area contributed by atoms with Crippen LogP contribution in [0, 0.1) is 6.92 Å². The predicted molar refractivity (Wildman–Crippen MR) is 101 cm³/mol. The molecule has 0 radical (unpaired) electrons. The minimum atomic E-state index is -0.190. The molecule has 0 saturated heterocycles. The van der Waals surface area contributed by atoms with Crippen molar-refractivity contribution in [1.82, 2.24) is 35.2 Å². The Morgan fingerprint density at radius 2 is 2.00 bits per heavy atom. The van der Waals surface area contributed by atoms with Crippen LogP contribution in [0.3, 0.4) is 0 Å². The fourth-order valence-corrected chi connectivity index (χ4v) is 3.12. The van der Waals surface area contributed by atoms with Crippen LogP contribution in [0.5, 0.6) is 0 Å². The molecule has 4 aromatic heterocycles. The van der Waals surface area contributed by atoms with E-state index in [0.29, 0.717) is 40.0 Å². The van der Waals surface area contributed by atoms with Gasteiger partial charge in [-0.05, 0) is 31.2 Å². The summed E-state index contributed by atoms with van der Waals surface area (Å²) in [7, 11) is 0. The van der Waals surface area contributed by atoms with E-state index in [1.807, 2.05) is 42.6 Å². The van der Waals surface area contributed by atoms with Gasteiger partial charge in [-0.2, -0.15) is 4.98 Å². The Morgan fingerprint density at radius 3 is 2.86 bits per heavy atom. The van der Waals surface area contributed by atoms with Crippen molar-refractivity contribution in [1.29, 1.82) is 0 Å². The summed E-state index contributed by atoms with van der Waals surface area (Å²) in [5.74, 6) is 1.30. The van der Waals surface area contributed by atoms with Crippen molar-refractivity contribution in [3.63, 3.8) is 0 Å². The minimum Gasteiger partial charge on any atom is -0.356 e. The maximum absolute atomic E-state index is 12.4. The first kappa shape index (κ1) is 17.0. The minimum absolute atomic E-state index is 0.111. The van der Waals surface area contributed by atoms with Gasteiger partial charge in [0.1, 0.15) is 5.69 Å². The van der Waals surface area contributed by atoms with Crippen LogP contribution < -0.4 is 5.32 Å². The van der Waals surface area contributed by atoms with Crippen LogP contribution in [-0.2, 0) is 17.8 Å². The fourth-order valence-electron chi connectivity index (χ4n) is 3.12. The van der Waals surface area contributed by atoms with Crippen molar-refractivity contribution in [3.05, 3.63) is 59.9 Å². The molecule has 0 atom stereocenters. The second kappa shape index (κ2) is 6.82. The first-order chi connectivity index (χ1) is 14.2. The number of rotatable bonds is 5. The van der Waals surface area contributed by atoms with Crippen LogP contribution in [0.15, 0.2) is 51.6 Å². The molecule has 1 amide bonds. The molecule has 144 valence electrons. The molecule has 0 unspecified atom stereocenters. The summed E-state index contributed by atoms with van der Waals surface area (Å²) in [6, 6.07) is 11.1. The van der Waals surface area contributed by atoms with Gasteiger partial charge in [-0.15, -0.1) is 10.2 Å². The van der Waals surface area contributed by atoms with Crippen molar-refractivity contribution in [2.75, 3.05) is 0 Å². The zero-order chi connectivity index (χ0) is 19.8. The van der Waals surface area contributed by atoms with E-state index < -0.39 is 0 Å². The number of carbonyl (C=O) groups is 1. The summed E-state index contributed by atoms with van der Waals surface area (Å²) >= 11 is 0. The van der Waals surface area contributed by atoms with E-state index >= 15 is 0 Å². The van der Waals surface area contributed by atoms with Crippen molar-refractivity contribution < 1.29 is 13.8 Å². The summed E-state index contributed by atoms with van der Waals surface area (Å²) in [4.78, 5) is 16.6. The number of nitrogens with one attached hydrogen (secondary N) is 1. The summed E-state index contributed by atoms with van der Waals surface area (Å²) in [5, 5.41) is 19.9. The number of benzene rings is 1. The maximum Gasteiger partial charge on any atom is 0.261 e. The van der Waals surface area contributed by atoms with Gasteiger partial charge in [0.25, 0.3) is 5.89 Å². The average Bonchev–Trinajstić information content (AvgIpc) is 3.45. The molecule has 5 rings (SSSR count). The molecule has 0 spiro atoms. The Labute approximate surface area is 163 Å². The van der Waals surface area contributed by atoms with E-state index in [4.69, 9.17) is 9.05 Å². The first-order valence-electron chi connectivity index (χ1n) is 8.92. The SMILES string of the molecule is Cc1noc(-c2cccn3c(CNC(=O)Cc4noc5ccccc45)nnc23)n1. The lowest BCUT2D eigenvalue weighted by atomic mass is 10.1. The molecule has 0 fully saturated rings. The molecule has 10 heteroatoms. The van der Waals surface area contributed by atoms with Gasteiger partial charge in [0.2, 0.25) is 5.91 Å². The number of hydrogen-bond donors (Lipinski definition) is 1. The molecule has 10 nitrogen and oxygen atoms in total. The number of carbonyl (C=O) groups excluding carboxylic acids is 1. The van der Waals surface area contributed by atoms with Gasteiger partial charge in [-0.1, -0.05) is 22.4 Å². The van der Waals surface area contributed by atoms with Crippen molar-refractivity contribution in [2.45, 2.75) is 19.9 Å². The zero-order valence-electron chi connectivity index (χ0n) is 15.4. The highest BCUT2D eigenvalue weighted by Gasteiger charge is 2.16. The van der Waals surface area contributed by atoms with E-state index in [0.717, 1.165) is 5.39 Å². The lowest BCUT2D eigenvalue weighted by Crippen LogP contribution is -2.25. The van der Waals surface area contributed by atoms with Gasteiger partial charge >= 0.3 is 0 Å². The summed E-state index contributed by atoms with van der Waals surface area (Å²) in [6.07, 6.45) is 1.93. The van der Waals surface area contributed by atoms with E-state index in [2.05, 4.69) is 30.8 Å². The Morgan fingerprint density at radius 1 is 1.10 bits per heavy atom. The Balaban J connectivity index is 1.34. The highest BCUT2D eigenvalue weighted by atomic mass is 16.5. The third-order valence-corrected chi connectivity index (χ3v) is 4.49. The molecule has 0 bridgehead atoms. The first-order valence-corrected chi connectivity index (χ1v) is 8.92. The second-order valence-corrected chi connectivity index (χ2v) is 6.46. The second-order valence-electron chi connectivity index (χ2n) is 6.46. The van der Waals surface area contributed by atoms with Crippen LogP contribution in [0.25, 0.3) is 28.1 Å². The van der Waals surface area contributed by atoms with E-state index in [1.165, 1.54) is 0 Å². The average molecular weight is 389 g/mol. The van der Waals surface area contributed by atoms with E-state index in [1.54, 1.807) is 11.3 Å².